The molecule has 0 saturated heterocycles. The number of nitrogens with zero attached hydrogens (tertiary/aromatic N) is 2. The van der Waals surface area contributed by atoms with Gasteiger partial charge in [-0.05, 0) is 35.6 Å². The number of aryl methyl sites for hydroxylation is 1. The summed E-state index contributed by atoms with van der Waals surface area (Å²) in [7, 11) is -3.53. The van der Waals surface area contributed by atoms with E-state index in [1.165, 1.54) is 11.3 Å². The summed E-state index contributed by atoms with van der Waals surface area (Å²) in [6.07, 6.45) is 0. The zero-order valence-corrected chi connectivity index (χ0v) is 18.1. The zero-order valence-electron chi connectivity index (χ0n) is 16.4. The SMILES string of the molecule is Cc1csc2c1c(O)c(C1=NS(O)(O)c3ccccc3N1)c(=O)n2Cc1ccccc1. The van der Waals surface area contributed by atoms with E-state index in [1.807, 2.05) is 42.6 Å². The Morgan fingerprint density at radius 3 is 2.58 bits per heavy atom. The Morgan fingerprint density at radius 1 is 1.10 bits per heavy atom. The molecular formula is C22H19N3O4S2. The molecule has 0 saturated carbocycles. The second kappa shape index (κ2) is 7.24. The lowest BCUT2D eigenvalue weighted by Gasteiger charge is -2.34. The quantitative estimate of drug-likeness (QED) is 0.348. The first kappa shape index (κ1) is 19.8. The predicted octanol–water partition coefficient (Wildman–Crippen LogP) is 5.02. The number of rotatable bonds is 3. The van der Waals surface area contributed by atoms with Gasteiger partial charge in [-0.1, -0.05) is 53.2 Å². The fourth-order valence-electron chi connectivity index (χ4n) is 3.74. The van der Waals surface area contributed by atoms with Gasteiger partial charge in [0, 0.05) is 0 Å². The molecule has 3 heterocycles. The minimum atomic E-state index is -3.53. The van der Waals surface area contributed by atoms with Crippen LogP contribution in [-0.4, -0.2) is 24.6 Å². The molecule has 0 amide bonds. The van der Waals surface area contributed by atoms with Crippen molar-refractivity contribution in [2.45, 2.75) is 18.4 Å². The van der Waals surface area contributed by atoms with Gasteiger partial charge >= 0.3 is 0 Å². The average molecular weight is 454 g/mol. The fourth-order valence-corrected chi connectivity index (χ4v) is 5.96. The van der Waals surface area contributed by atoms with E-state index in [4.69, 9.17) is 0 Å². The number of aromatic nitrogens is 1. The molecule has 0 spiro atoms. The highest BCUT2D eigenvalue weighted by Crippen LogP contribution is 2.55. The highest BCUT2D eigenvalue weighted by molar-refractivity contribution is 8.23. The molecule has 0 radical (unpaired) electrons. The third-order valence-electron chi connectivity index (χ3n) is 5.21. The predicted molar refractivity (Wildman–Crippen MR) is 126 cm³/mol. The number of nitrogens with one attached hydrogen (secondary N) is 1. The van der Waals surface area contributed by atoms with Gasteiger partial charge in [-0.25, -0.2) is 0 Å². The molecule has 2 aromatic carbocycles. The van der Waals surface area contributed by atoms with E-state index < -0.39 is 16.3 Å². The van der Waals surface area contributed by atoms with Gasteiger partial charge in [0.05, 0.1) is 17.6 Å². The molecule has 9 heteroatoms. The fraction of sp³-hybridized carbons (Fsp3) is 0.0909. The van der Waals surface area contributed by atoms with Crippen LogP contribution in [0.25, 0.3) is 10.2 Å². The highest BCUT2D eigenvalue weighted by Gasteiger charge is 2.30. The van der Waals surface area contributed by atoms with E-state index in [-0.39, 0.29) is 22.0 Å². The van der Waals surface area contributed by atoms with Crippen LogP contribution in [0.1, 0.15) is 16.7 Å². The topological polar surface area (TPSA) is 107 Å². The molecule has 0 bridgehead atoms. The maximum Gasteiger partial charge on any atom is 0.266 e. The second-order valence-corrected chi connectivity index (χ2v) is 9.80. The van der Waals surface area contributed by atoms with Gasteiger partial charge in [-0.3, -0.25) is 18.5 Å². The van der Waals surface area contributed by atoms with Crippen LogP contribution < -0.4 is 10.9 Å². The van der Waals surface area contributed by atoms with E-state index >= 15 is 0 Å². The molecule has 4 aromatic rings. The second-order valence-electron chi connectivity index (χ2n) is 7.28. The normalized spacial score (nSPS) is 15.8. The van der Waals surface area contributed by atoms with Crippen molar-refractivity contribution in [2.75, 3.05) is 5.32 Å². The molecule has 7 nitrogen and oxygen atoms in total. The first-order valence-electron chi connectivity index (χ1n) is 9.49. The molecule has 1 aliphatic rings. The molecule has 1 aliphatic heterocycles. The number of hydrogen-bond donors (Lipinski definition) is 4. The van der Waals surface area contributed by atoms with Crippen LogP contribution in [0.5, 0.6) is 5.75 Å². The van der Waals surface area contributed by atoms with Crippen molar-refractivity contribution in [3.05, 3.63) is 87.0 Å². The Morgan fingerprint density at radius 2 is 1.81 bits per heavy atom. The van der Waals surface area contributed by atoms with Crippen molar-refractivity contribution in [2.24, 2.45) is 4.40 Å². The molecule has 158 valence electrons. The van der Waals surface area contributed by atoms with Crippen molar-refractivity contribution in [1.29, 1.82) is 0 Å². The lowest BCUT2D eigenvalue weighted by Crippen LogP contribution is -2.32. The molecule has 4 N–H and O–H groups in total. The van der Waals surface area contributed by atoms with Crippen LogP contribution >= 0.6 is 22.1 Å². The Kier molecular flexibility index (Phi) is 4.63. The Hall–Kier alpha value is -3.11. The van der Waals surface area contributed by atoms with Crippen molar-refractivity contribution in [3.63, 3.8) is 0 Å². The number of benzene rings is 2. The molecule has 0 aliphatic carbocycles. The summed E-state index contributed by atoms with van der Waals surface area (Å²) in [5.41, 5.74) is 1.64. The summed E-state index contributed by atoms with van der Waals surface area (Å²) in [6, 6.07) is 16.2. The van der Waals surface area contributed by atoms with Gasteiger partial charge < -0.3 is 10.4 Å². The summed E-state index contributed by atoms with van der Waals surface area (Å²) < 4.78 is 26.8. The van der Waals surface area contributed by atoms with Crippen LogP contribution in [-0.2, 0) is 6.54 Å². The zero-order chi connectivity index (χ0) is 21.8. The first-order valence-corrected chi connectivity index (χ1v) is 11.9. The number of pyridine rings is 1. The van der Waals surface area contributed by atoms with E-state index in [0.717, 1.165) is 11.1 Å². The Labute approximate surface area is 183 Å². The van der Waals surface area contributed by atoms with Gasteiger partial charge in [-0.15, -0.1) is 15.7 Å². The molecule has 0 fully saturated rings. The number of thiophene rings is 1. The third kappa shape index (κ3) is 3.22. The third-order valence-corrected chi connectivity index (χ3v) is 7.71. The lowest BCUT2D eigenvalue weighted by atomic mass is 10.1. The van der Waals surface area contributed by atoms with Crippen LogP contribution in [0.15, 0.2) is 74.1 Å². The van der Waals surface area contributed by atoms with Gasteiger partial charge in [0.15, 0.2) is 5.84 Å². The van der Waals surface area contributed by atoms with Gasteiger partial charge in [0.2, 0.25) is 0 Å². The molecule has 2 aromatic heterocycles. The standard InChI is InChI=1S/C22H19N3O4S2/c1-13-12-30-22-17(13)19(26)18(21(27)25(22)11-14-7-3-2-4-8-14)20-23-15-9-5-6-10-16(15)31(28,29)24-20/h2-10,12,26,28-29H,11H2,1H3,(H,23,24). The average Bonchev–Trinajstić information content (AvgIpc) is 3.13. The van der Waals surface area contributed by atoms with Gasteiger partial charge in [0.1, 0.15) is 21.0 Å². The summed E-state index contributed by atoms with van der Waals surface area (Å²) in [6.45, 7) is 2.17. The Bertz CT molecular complexity index is 1410. The van der Waals surface area contributed by atoms with Crippen LogP contribution in [0.4, 0.5) is 5.69 Å². The van der Waals surface area contributed by atoms with Crippen molar-refractivity contribution < 1.29 is 14.2 Å². The molecule has 5 rings (SSSR count). The number of para-hydroxylation sites is 1. The van der Waals surface area contributed by atoms with Crippen molar-refractivity contribution in [3.8, 4) is 5.75 Å². The lowest BCUT2D eigenvalue weighted by molar-refractivity contribution is 0.477. The van der Waals surface area contributed by atoms with E-state index in [9.17, 15) is 19.0 Å². The smallest absolute Gasteiger partial charge is 0.266 e. The van der Waals surface area contributed by atoms with E-state index in [0.29, 0.717) is 22.4 Å². The summed E-state index contributed by atoms with van der Waals surface area (Å²) >= 11 is 1.38. The number of hydrogen-bond acceptors (Lipinski definition) is 7. The molecule has 0 unspecified atom stereocenters. The van der Waals surface area contributed by atoms with Crippen LogP contribution in [0.3, 0.4) is 0 Å². The van der Waals surface area contributed by atoms with Crippen LogP contribution in [0.2, 0.25) is 0 Å². The largest absolute Gasteiger partial charge is 0.506 e. The van der Waals surface area contributed by atoms with Gasteiger partial charge in [0.25, 0.3) is 5.56 Å². The van der Waals surface area contributed by atoms with E-state index in [1.54, 1.807) is 28.8 Å². The highest BCUT2D eigenvalue weighted by atomic mass is 32.3. The monoisotopic (exact) mass is 453 g/mol. The molecule has 0 atom stereocenters. The van der Waals surface area contributed by atoms with Crippen molar-refractivity contribution >= 4 is 43.9 Å². The molecule has 31 heavy (non-hydrogen) atoms. The Balaban J connectivity index is 1.76. The minimum absolute atomic E-state index is 0.0597. The summed E-state index contributed by atoms with van der Waals surface area (Å²) in [4.78, 5) is 14.5. The minimum Gasteiger partial charge on any atom is -0.506 e. The maximum atomic E-state index is 13.6. The summed E-state index contributed by atoms with van der Waals surface area (Å²) in [5.74, 6) is -0.278. The first-order chi connectivity index (χ1) is 14.9. The number of amidine groups is 1. The summed E-state index contributed by atoms with van der Waals surface area (Å²) in [5, 5.41) is 16.5. The van der Waals surface area contributed by atoms with Crippen molar-refractivity contribution in [1.82, 2.24) is 4.57 Å². The number of aromatic hydroxyl groups is 1. The van der Waals surface area contributed by atoms with E-state index in [2.05, 4.69) is 9.71 Å². The number of anilines is 1. The van der Waals surface area contributed by atoms with Gasteiger partial charge in [-0.2, -0.15) is 0 Å². The maximum absolute atomic E-state index is 13.6. The molecular weight excluding hydrogens is 434 g/mol. The number of fused-ring (bicyclic) bond motifs is 2. The van der Waals surface area contributed by atoms with Crippen LogP contribution in [0, 0.1) is 6.92 Å².